The van der Waals surface area contributed by atoms with Crippen LogP contribution in [0.2, 0.25) is 0 Å². The molecule has 3 heteroatoms. The van der Waals surface area contributed by atoms with E-state index in [0.29, 0.717) is 0 Å². The highest BCUT2D eigenvalue weighted by molar-refractivity contribution is 7.98. The zero-order valence-electron chi connectivity index (χ0n) is 11.6. The zero-order valence-corrected chi connectivity index (χ0v) is 13.3. The first-order chi connectivity index (χ1) is 9.81. The van der Waals surface area contributed by atoms with E-state index in [2.05, 4.69) is 54.2 Å². The van der Waals surface area contributed by atoms with Crippen molar-refractivity contribution in [3.63, 3.8) is 0 Å². The third-order valence-electron chi connectivity index (χ3n) is 2.98. The van der Waals surface area contributed by atoms with Gasteiger partial charge in [0.1, 0.15) is 0 Å². The predicted octanol–water partition coefficient (Wildman–Crippen LogP) is 4.81. The highest BCUT2D eigenvalue weighted by Crippen LogP contribution is 2.26. The van der Waals surface area contributed by atoms with E-state index in [4.69, 9.17) is 0 Å². The highest BCUT2D eigenvalue weighted by Gasteiger charge is 2.01. The Bertz CT molecular complexity index is 579. The summed E-state index contributed by atoms with van der Waals surface area (Å²) in [5.74, 6) is 1.17. The van der Waals surface area contributed by atoms with Crippen molar-refractivity contribution in [2.24, 2.45) is 4.99 Å². The molecule has 0 heterocycles. The molecule has 0 N–H and O–H groups in total. The SMILES string of the molecule is CSCCCN=Cc1cccc(-c2ccccc2S)c1. The summed E-state index contributed by atoms with van der Waals surface area (Å²) in [6, 6.07) is 16.6. The number of rotatable bonds is 6. The Morgan fingerprint density at radius 2 is 2.00 bits per heavy atom. The lowest BCUT2D eigenvalue weighted by Crippen LogP contribution is -1.88. The summed E-state index contributed by atoms with van der Waals surface area (Å²) < 4.78 is 0. The van der Waals surface area contributed by atoms with Crippen LogP contribution in [0.5, 0.6) is 0 Å². The van der Waals surface area contributed by atoms with E-state index in [1.54, 1.807) is 0 Å². The van der Waals surface area contributed by atoms with E-state index >= 15 is 0 Å². The summed E-state index contributed by atoms with van der Waals surface area (Å²) in [6.07, 6.45) is 5.23. The molecule has 0 amide bonds. The summed E-state index contributed by atoms with van der Waals surface area (Å²) >= 11 is 6.38. The minimum Gasteiger partial charge on any atom is -0.293 e. The van der Waals surface area contributed by atoms with Crippen LogP contribution in [0, 0.1) is 0 Å². The van der Waals surface area contributed by atoms with Crippen molar-refractivity contribution in [2.45, 2.75) is 11.3 Å². The van der Waals surface area contributed by atoms with E-state index in [1.807, 2.05) is 36.2 Å². The van der Waals surface area contributed by atoms with Crippen molar-refractivity contribution in [1.82, 2.24) is 0 Å². The highest BCUT2D eigenvalue weighted by atomic mass is 32.2. The van der Waals surface area contributed by atoms with Crippen LogP contribution in [-0.2, 0) is 0 Å². The third-order valence-corrected chi connectivity index (χ3v) is 4.06. The van der Waals surface area contributed by atoms with Crippen LogP contribution in [0.15, 0.2) is 58.4 Å². The first kappa shape index (κ1) is 15.2. The Balaban J connectivity index is 2.10. The van der Waals surface area contributed by atoms with Gasteiger partial charge in [0.15, 0.2) is 0 Å². The maximum atomic E-state index is 4.52. The van der Waals surface area contributed by atoms with Gasteiger partial charge in [0.25, 0.3) is 0 Å². The predicted molar refractivity (Wildman–Crippen MR) is 94.6 cm³/mol. The molecule has 2 aromatic rings. The van der Waals surface area contributed by atoms with E-state index in [1.165, 1.54) is 11.3 Å². The first-order valence-corrected chi connectivity index (χ1v) is 8.52. The fourth-order valence-electron chi connectivity index (χ4n) is 1.97. The van der Waals surface area contributed by atoms with Crippen molar-refractivity contribution >= 4 is 30.6 Å². The van der Waals surface area contributed by atoms with Gasteiger partial charge in [-0.3, -0.25) is 4.99 Å². The van der Waals surface area contributed by atoms with Gasteiger partial charge in [0, 0.05) is 17.7 Å². The van der Waals surface area contributed by atoms with Gasteiger partial charge in [-0.15, -0.1) is 12.6 Å². The van der Waals surface area contributed by atoms with Crippen LogP contribution >= 0.6 is 24.4 Å². The minimum absolute atomic E-state index is 0.897. The smallest absolute Gasteiger partial charge is 0.0397 e. The van der Waals surface area contributed by atoms with Crippen molar-refractivity contribution < 1.29 is 0 Å². The fraction of sp³-hybridized carbons (Fsp3) is 0.235. The van der Waals surface area contributed by atoms with E-state index in [9.17, 15) is 0 Å². The van der Waals surface area contributed by atoms with Crippen LogP contribution in [-0.4, -0.2) is 24.8 Å². The summed E-state index contributed by atoms with van der Waals surface area (Å²) in [7, 11) is 0. The van der Waals surface area contributed by atoms with Gasteiger partial charge in [-0.1, -0.05) is 36.4 Å². The monoisotopic (exact) mass is 301 g/mol. The fourth-order valence-corrected chi connectivity index (χ4v) is 2.68. The van der Waals surface area contributed by atoms with Crippen molar-refractivity contribution in [1.29, 1.82) is 0 Å². The summed E-state index contributed by atoms with van der Waals surface area (Å²) in [5.41, 5.74) is 3.49. The van der Waals surface area contributed by atoms with Gasteiger partial charge >= 0.3 is 0 Å². The molecule has 0 aromatic heterocycles. The van der Waals surface area contributed by atoms with Crippen LogP contribution in [0.25, 0.3) is 11.1 Å². The van der Waals surface area contributed by atoms with Gasteiger partial charge in [-0.25, -0.2) is 0 Å². The standard InChI is InChI=1S/C17H19NS2/c1-20-11-5-10-18-13-14-6-4-7-15(12-14)16-8-2-3-9-17(16)19/h2-4,6-9,12-13,19H,5,10-11H2,1H3. The molecule has 1 nitrogen and oxygen atoms in total. The number of thioether (sulfide) groups is 1. The normalized spacial score (nSPS) is 11.1. The Labute approximate surface area is 130 Å². The number of hydrogen-bond donors (Lipinski definition) is 1. The topological polar surface area (TPSA) is 12.4 Å². The molecule has 0 aliphatic heterocycles. The van der Waals surface area contributed by atoms with Gasteiger partial charge in [-0.2, -0.15) is 11.8 Å². The number of hydrogen-bond acceptors (Lipinski definition) is 3. The molecule has 0 saturated heterocycles. The third kappa shape index (κ3) is 4.43. The van der Waals surface area contributed by atoms with E-state index in [0.717, 1.165) is 29.0 Å². The van der Waals surface area contributed by atoms with Gasteiger partial charge in [-0.05, 0) is 47.3 Å². The molecule has 0 spiro atoms. The lowest BCUT2D eigenvalue weighted by molar-refractivity contribution is 0.949. The average Bonchev–Trinajstić information content (AvgIpc) is 2.48. The molecule has 0 unspecified atom stereocenters. The number of nitrogens with zero attached hydrogens (tertiary/aromatic N) is 1. The number of thiol groups is 1. The van der Waals surface area contributed by atoms with E-state index < -0.39 is 0 Å². The molecule has 0 radical (unpaired) electrons. The maximum absolute atomic E-state index is 4.52. The second-order valence-electron chi connectivity index (χ2n) is 4.52. The maximum Gasteiger partial charge on any atom is 0.0397 e. The van der Waals surface area contributed by atoms with Crippen LogP contribution in [0.1, 0.15) is 12.0 Å². The molecule has 0 bridgehead atoms. The molecule has 0 aliphatic rings. The Hall–Kier alpha value is -1.19. The van der Waals surface area contributed by atoms with Gasteiger partial charge < -0.3 is 0 Å². The van der Waals surface area contributed by atoms with Crippen molar-refractivity contribution in [3.05, 3.63) is 54.1 Å². The van der Waals surface area contributed by atoms with Crippen LogP contribution in [0.4, 0.5) is 0 Å². The Kier molecular flexibility index (Phi) is 6.22. The lowest BCUT2D eigenvalue weighted by atomic mass is 10.0. The molecular formula is C17H19NS2. The molecule has 0 fully saturated rings. The minimum atomic E-state index is 0.897. The number of benzene rings is 2. The zero-order chi connectivity index (χ0) is 14.2. The summed E-state index contributed by atoms with van der Waals surface area (Å²) in [5, 5.41) is 0. The molecule has 104 valence electrons. The second kappa shape index (κ2) is 8.18. The molecule has 2 aromatic carbocycles. The number of aliphatic imine (C=N–C) groups is 1. The van der Waals surface area contributed by atoms with Gasteiger partial charge in [0.2, 0.25) is 0 Å². The molecule has 20 heavy (non-hydrogen) atoms. The second-order valence-corrected chi connectivity index (χ2v) is 5.99. The van der Waals surface area contributed by atoms with Crippen LogP contribution < -0.4 is 0 Å². The lowest BCUT2D eigenvalue weighted by Gasteiger charge is -2.05. The Morgan fingerprint density at radius 1 is 1.15 bits per heavy atom. The van der Waals surface area contributed by atoms with Crippen molar-refractivity contribution in [2.75, 3.05) is 18.6 Å². The molecule has 2 rings (SSSR count). The summed E-state index contributed by atoms with van der Waals surface area (Å²) in [6.45, 7) is 0.897. The Morgan fingerprint density at radius 3 is 2.80 bits per heavy atom. The average molecular weight is 301 g/mol. The first-order valence-electron chi connectivity index (χ1n) is 6.68. The molecule has 0 aliphatic carbocycles. The van der Waals surface area contributed by atoms with E-state index in [-0.39, 0.29) is 0 Å². The molecular weight excluding hydrogens is 282 g/mol. The summed E-state index contributed by atoms with van der Waals surface area (Å²) in [4.78, 5) is 5.48. The van der Waals surface area contributed by atoms with Gasteiger partial charge in [0.05, 0.1) is 0 Å². The van der Waals surface area contributed by atoms with Crippen LogP contribution in [0.3, 0.4) is 0 Å². The molecule has 0 atom stereocenters. The van der Waals surface area contributed by atoms with Crippen molar-refractivity contribution in [3.8, 4) is 11.1 Å². The quantitative estimate of drug-likeness (QED) is 0.458. The molecule has 0 saturated carbocycles. The largest absolute Gasteiger partial charge is 0.293 e.